The Bertz CT molecular complexity index is 2060. The minimum atomic E-state index is -5.08. The van der Waals surface area contributed by atoms with Crippen molar-refractivity contribution in [1.82, 2.24) is 44.2 Å². The molecule has 22 heteroatoms. The number of piperidine rings is 1. The Morgan fingerprint density at radius 2 is 1.56 bits per heavy atom. The minimum Gasteiger partial charge on any atom is -0.475 e. The fraction of sp³-hybridized carbons (Fsp3) is 0.424. The van der Waals surface area contributed by atoms with E-state index in [1.165, 1.54) is 48.4 Å². The van der Waals surface area contributed by atoms with Crippen molar-refractivity contribution in [3.8, 4) is 17.1 Å². The summed E-state index contributed by atoms with van der Waals surface area (Å²) in [6.07, 6.45) is -4.36. The molecule has 0 radical (unpaired) electrons. The number of H-pyrrole nitrogens is 1. The first-order valence-corrected chi connectivity index (χ1v) is 17.0. The lowest BCUT2D eigenvalue weighted by atomic mass is 9.95. The molecule has 2 aliphatic heterocycles. The van der Waals surface area contributed by atoms with Gasteiger partial charge in [0.15, 0.2) is 17.3 Å². The fourth-order valence-corrected chi connectivity index (χ4v) is 6.36. The van der Waals surface area contributed by atoms with E-state index in [4.69, 9.17) is 21.5 Å². The van der Waals surface area contributed by atoms with Crippen LogP contribution in [0.15, 0.2) is 36.8 Å². The van der Waals surface area contributed by atoms with Gasteiger partial charge in [-0.15, -0.1) is 0 Å². The number of hydrogen-bond donors (Lipinski definition) is 3. The number of halogens is 7. The summed E-state index contributed by atoms with van der Waals surface area (Å²) in [7, 11) is 3.47. The lowest BCUT2D eigenvalue weighted by Gasteiger charge is -2.38. The standard InChI is InChI=1S/C31H34ClF3N10O3.C2HF3O2/c1-18-15-37-39-26(18)45-17-22(25(40-45)31(33,34)35)24-16-36-27(42(24)3)28(46)38-20-4-5-21(23(32)14-20)30(48)44-12-10-43(11-13-44)29(47)19-6-8-41(2)9-7-19;3-2(4,5)1(6)7/h4-5,14-17,19H,6-13H2,1-3H3,(H,37,39)(H,38,46);(H,6,7). The number of piperazine rings is 1. The van der Waals surface area contributed by atoms with E-state index < -0.39 is 29.9 Å². The first-order valence-electron chi connectivity index (χ1n) is 16.6. The van der Waals surface area contributed by atoms with E-state index >= 15 is 0 Å². The Morgan fingerprint density at radius 3 is 2.11 bits per heavy atom. The second kappa shape index (κ2) is 16.1. The number of nitrogens with one attached hydrogen (secondary N) is 2. The third-order valence-electron chi connectivity index (χ3n) is 9.13. The van der Waals surface area contributed by atoms with Gasteiger partial charge in [0.1, 0.15) is 0 Å². The molecule has 1 aromatic carbocycles. The van der Waals surface area contributed by atoms with Crippen LogP contribution in [-0.2, 0) is 22.8 Å². The van der Waals surface area contributed by atoms with Crippen LogP contribution in [0.25, 0.3) is 17.1 Å². The number of carboxylic acids is 1. The summed E-state index contributed by atoms with van der Waals surface area (Å²) in [4.78, 5) is 58.2. The number of nitrogens with zero attached hydrogens (tertiary/aromatic N) is 8. The Hall–Kier alpha value is -5.44. The van der Waals surface area contributed by atoms with Crippen LogP contribution in [0.3, 0.4) is 0 Å². The number of carbonyl (C=O) groups excluding carboxylic acids is 3. The van der Waals surface area contributed by atoms with Gasteiger partial charge >= 0.3 is 18.3 Å². The summed E-state index contributed by atoms with van der Waals surface area (Å²) < 4.78 is 76.0. The van der Waals surface area contributed by atoms with E-state index in [2.05, 4.69) is 30.5 Å². The van der Waals surface area contributed by atoms with Gasteiger partial charge in [0.2, 0.25) is 5.91 Å². The van der Waals surface area contributed by atoms with Crippen molar-refractivity contribution in [3.63, 3.8) is 0 Å². The van der Waals surface area contributed by atoms with E-state index in [0.29, 0.717) is 31.7 Å². The SMILES string of the molecule is Cc1cn[nH]c1-n1cc(-c2cnc(C(=O)Nc3ccc(C(=O)N4CCN(C(=O)C5CCN(C)CC5)CC4)c(Cl)c3)n2C)c(C(F)(F)F)n1.O=C(O)C(F)(F)F. The molecular weight excluding hydrogens is 766 g/mol. The number of imidazole rings is 1. The largest absolute Gasteiger partial charge is 0.490 e. The zero-order valence-corrected chi connectivity index (χ0v) is 30.3. The fourth-order valence-electron chi connectivity index (χ4n) is 6.09. The van der Waals surface area contributed by atoms with Crippen molar-refractivity contribution in [2.75, 3.05) is 51.6 Å². The number of hydrogen-bond acceptors (Lipinski definition) is 8. The number of aromatic nitrogens is 6. The average Bonchev–Trinajstić information content (AvgIpc) is 3.86. The number of amides is 3. The topological polar surface area (TPSA) is 175 Å². The molecule has 0 atom stereocenters. The molecule has 3 N–H and O–H groups in total. The Labute approximate surface area is 313 Å². The normalized spacial score (nSPS) is 15.7. The first-order chi connectivity index (χ1) is 25.8. The molecule has 6 rings (SSSR count). The predicted molar refractivity (Wildman–Crippen MR) is 183 cm³/mol. The van der Waals surface area contributed by atoms with Crippen LogP contribution >= 0.6 is 11.6 Å². The van der Waals surface area contributed by atoms with Gasteiger partial charge in [-0.05, 0) is 58.1 Å². The first kappa shape index (κ1) is 40.7. The summed E-state index contributed by atoms with van der Waals surface area (Å²) in [5, 5.41) is 20.1. The lowest BCUT2D eigenvalue weighted by Crippen LogP contribution is -2.52. The van der Waals surface area contributed by atoms with Gasteiger partial charge in [-0.3, -0.25) is 19.5 Å². The van der Waals surface area contributed by atoms with E-state index in [9.17, 15) is 40.7 Å². The van der Waals surface area contributed by atoms with Crippen LogP contribution in [0, 0.1) is 12.8 Å². The molecule has 0 unspecified atom stereocenters. The Kier molecular flexibility index (Phi) is 11.9. The second-order valence-corrected chi connectivity index (χ2v) is 13.3. The second-order valence-electron chi connectivity index (χ2n) is 12.9. The molecule has 3 amide bonds. The van der Waals surface area contributed by atoms with Crippen LogP contribution in [-0.4, -0.2) is 126 Å². The highest BCUT2D eigenvalue weighted by atomic mass is 35.5. The van der Waals surface area contributed by atoms with Crippen molar-refractivity contribution in [3.05, 3.63) is 64.5 Å². The van der Waals surface area contributed by atoms with Crippen molar-refractivity contribution < 1.29 is 50.6 Å². The number of anilines is 1. The zero-order chi connectivity index (χ0) is 40.4. The van der Waals surface area contributed by atoms with Gasteiger partial charge in [-0.1, -0.05) is 11.6 Å². The average molecular weight is 801 g/mol. The van der Waals surface area contributed by atoms with Crippen molar-refractivity contribution in [2.45, 2.75) is 32.1 Å². The molecule has 55 heavy (non-hydrogen) atoms. The summed E-state index contributed by atoms with van der Waals surface area (Å²) in [5.74, 6) is -3.47. The number of carboxylic acid groups (broad SMARTS) is 1. The van der Waals surface area contributed by atoms with Gasteiger partial charge in [-0.2, -0.15) is 36.5 Å². The zero-order valence-electron chi connectivity index (χ0n) is 29.5. The molecule has 2 fully saturated rings. The highest BCUT2D eigenvalue weighted by molar-refractivity contribution is 6.34. The van der Waals surface area contributed by atoms with Crippen molar-refractivity contribution in [2.24, 2.45) is 13.0 Å². The van der Waals surface area contributed by atoms with Crippen LogP contribution < -0.4 is 5.32 Å². The molecule has 15 nitrogen and oxygen atoms in total. The maximum absolute atomic E-state index is 14.0. The molecule has 3 aromatic heterocycles. The summed E-state index contributed by atoms with van der Waals surface area (Å²) >= 11 is 6.49. The van der Waals surface area contributed by atoms with E-state index in [0.717, 1.165) is 30.6 Å². The Balaban J connectivity index is 0.000000757. The summed E-state index contributed by atoms with van der Waals surface area (Å²) in [6.45, 7) is 5.12. The lowest BCUT2D eigenvalue weighted by molar-refractivity contribution is -0.192. The van der Waals surface area contributed by atoms with Gasteiger partial charge in [0.05, 0.1) is 34.2 Å². The quantitative estimate of drug-likeness (QED) is 0.238. The monoisotopic (exact) mass is 800 g/mol. The minimum absolute atomic E-state index is 0.0167. The third-order valence-corrected chi connectivity index (χ3v) is 9.44. The van der Waals surface area contributed by atoms with Gasteiger partial charge < -0.3 is 29.7 Å². The van der Waals surface area contributed by atoms with Crippen LogP contribution in [0.5, 0.6) is 0 Å². The number of alkyl halides is 6. The molecular formula is C33H35ClF6N10O5. The summed E-state index contributed by atoms with van der Waals surface area (Å²) in [6, 6.07) is 4.44. The van der Waals surface area contributed by atoms with Crippen LogP contribution in [0.4, 0.5) is 32.0 Å². The number of carbonyl (C=O) groups is 4. The van der Waals surface area contributed by atoms with E-state index in [-0.39, 0.29) is 56.9 Å². The summed E-state index contributed by atoms with van der Waals surface area (Å²) in [5.41, 5.74) is -0.312. The molecule has 0 saturated carbocycles. The molecule has 2 saturated heterocycles. The highest BCUT2D eigenvalue weighted by Gasteiger charge is 2.40. The number of aromatic amines is 1. The van der Waals surface area contributed by atoms with Crippen LogP contribution in [0.2, 0.25) is 5.02 Å². The molecule has 4 aromatic rings. The molecule has 2 aliphatic rings. The molecule has 296 valence electrons. The maximum atomic E-state index is 14.0. The maximum Gasteiger partial charge on any atom is 0.490 e. The van der Waals surface area contributed by atoms with Crippen LogP contribution in [0.1, 0.15) is 45.1 Å². The third kappa shape index (κ3) is 9.27. The number of aryl methyl sites for hydroxylation is 1. The predicted octanol–water partition coefficient (Wildman–Crippen LogP) is 4.49. The van der Waals surface area contributed by atoms with Crippen molar-refractivity contribution in [1.29, 1.82) is 0 Å². The van der Waals surface area contributed by atoms with Crippen molar-refractivity contribution >= 4 is 41.0 Å². The molecule has 0 bridgehead atoms. The van der Waals surface area contributed by atoms with Gasteiger partial charge in [0.25, 0.3) is 11.8 Å². The smallest absolute Gasteiger partial charge is 0.475 e. The Morgan fingerprint density at radius 1 is 0.945 bits per heavy atom. The number of likely N-dealkylation sites (tertiary alicyclic amines) is 1. The number of aliphatic carboxylic acids is 1. The van der Waals surface area contributed by atoms with Gasteiger partial charge in [-0.25, -0.2) is 14.5 Å². The molecule has 5 heterocycles. The number of benzene rings is 1. The van der Waals surface area contributed by atoms with E-state index in [1.807, 2.05) is 11.9 Å². The highest BCUT2D eigenvalue weighted by Crippen LogP contribution is 2.37. The van der Waals surface area contributed by atoms with Gasteiger partial charge in [0, 0.05) is 56.6 Å². The molecule has 0 spiro atoms. The number of rotatable bonds is 6. The van der Waals surface area contributed by atoms with E-state index in [1.54, 1.807) is 11.8 Å². The molecule has 0 aliphatic carbocycles.